The Balaban J connectivity index is 1.65. The maximum absolute atomic E-state index is 12.6. The second-order valence-electron chi connectivity index (χ2n) is 6.66. The molecule has 0 fully saturated rings. The van der Waals surface area contributed by atoms with Crippen LogP contribution in [0.1, 0.15) is 23.1 Å². The predicted molar refractivity (Wildman–Crippen MR) is 128 cm³/mol. The van der Waals surface area contributed by atoms with E-state index in [0.717, 1.165) is 10.6 Å². The summed E-state index contributed by atoms with van der Waals surface area (Å²) in [5, 5.41) is 12.6. The molecule has 0 aliphatic rings. The number of aryl methyl sites for hydroxylation is 2. The highest BCUT2D eigenvalue weighted by molar-refractivity contribution is 8.01. The molecule has 0 saturated carbocycles. The van der Waals surface area contributed by atoms with Crippen molar-refractivity contribution in [3.05, 3.63) is 58.6 Å². The summed E-state index contributed by atoms with van der Waals surface area (Å²) in [5.41, 5.74) is 3.96. The van der Waals surface area contributed by atoms with Gasteiger partial charge in [-0.3, -0.25) is 4.79 Å². The van der Waals surface area contributed by atoms with Gasteiger partial charge in [0, 0.05) is 0 Å². The molecular formula is C21H22N4O5S3. The fraction of sp³-hybridized carbons (Fsp3) is 0.238. The minimum Gasteiger partial charge on any atom is -0.490 e. The molecule has 0 unspecified atom stereocenters. The summed E-state index contributed by atoms with van der Waals surface area (Å²) in [6.45, 7) is 5.79. The van der Waals surface area contributed by atoms with E-state index in [0.29, 0.717) is 16.5 Å². The molecule has 1 N–H and O–H groups in total. The summed E-state index contributed by atoms with van der Waals surface area (Å²) in [7, 11) is -4.02. The van der Waals surface area contributed by atoms with Crippen molar-refractivity contribution in [2.75, 3.05) is 12.4 Å². The van der Waals surface area contributed by atoms with Crippen LogP contribution in [0.25, 0.3) is 0 Å². The highest BCUT2D eigenvalue weighted by atomic mass is 32.2. The molecule has 1 heterocycles. The number of nitrogens with one attached hydrogen (secondary N) is 1. The third-order valence-corrected chi connectivity index (χ3v) is 7.23. The summed E-state index contributed by atoms with van der Waals surface area (Å²) >= 11 is 2.69. The maximum atomic E-state index is 12.6. The summed E-state index contributed by atoms with van der Waals surface area (Å²) in [6.07, 6.45) is 1.43. The monoisotopic (exact) mass is 506 g/mol. The smallest absolute Gasteiger partial charge is 0.339 e. The van der Waals surface area contributed by atoms with Gasteiger partial charge in [0.2, 0.25) is 0 Å². The van der Waals surface area contributed by atoms with E-state index in [2.05, 4.69) is 20.7 Å². The lowest BCUT2D eigenvalue weighted by Gasteiger charge is -2.12. The molecule has 174 valence electrons. The first kappa shape index (κ1) is 24.7. The Bertz CT molecular complexity index is 1240. The number of hydrogen-bond donors (Lipinski definition) is 1. The number of benzene rings is 2. The second kappa shape index (κ2) is 11.3. The SMILES string of the molecule is CCOc1cc(/C=N/NC(=O)CSc2nnc(C)s2)ccc1OS(=O)(=O)c1ccc(C)cc1. The fourth-order valence-corrected chi connectivity index (χ4v) is 5.04. The minimum atomic E-state index is -4.02. The molecule has 12 heteroatoms. The molecule has 0 aliphatic carbocycles. The number of aromatic nitrogens is 2. The summed E-state index contributed by atoms with van der Waals surface area (Å²) in [5.74, 6) is 0.158. The number of nitrogens with zero attached hydrogens (tertiary/aromatic N) is 3. The van der Waals surface area contributed by atoms with Crippen LogP contribution in [0.4, 0.5) is 0 Å². The number of thioether (sulfide) groups is 1. The van der Waals surface area contributed by atoms with E-state index >= 15 is 0 Å². The van der Waals surface area contributed by atoms with Gasteiger partial charge in [-0.25, -0.2) is 5.43 Å². The third-order valence-electron chi connectivity index (χ3n) is 4.01. The highest BCUT2D eigenvalue weighted by Gasteiger charge is 2.19. The van der Waals surface area contributed by atoms with Crippen molar-refractivity contribution < 1.29 is 22.1 Å². The highest BCUT2D eigenvalue weighted by Crippen LogP contribution is 2.31. The lowest BCUT2D eigenvalue weighted by molar-refractivity contribution is -0.118. The van der Waals surface area contributed by atoms with Crippen LogP contribution in [0.5, 0.6) is 11.5 Å². The topological polar surface area (TPSA) is 120 Å². The molecule has 9 nitrogen and oxygen atoms in total. The van der Waals surface area contributed by atoms with Crippen molar-refractivity contribution in [1.29, 1.82) is 0 Å². The molecule has 0 bridgehead atoms. The molecular weight excluding hydrogens is 484 g/mol. The van der Waals surface area contributed by atoms with Crippen LogP contribution < -0.4 is 14.3 Å². The van der Waals surface area contributed by atoms with E-state index in [9.17, 15) is 13.2 Å². The Morgan fingerprint density at radius 1 is 1.15 bits per heavy atom. The van der Waals surface area contributed by atoms with Crippen LogP contribution in [0, 0.1) is 13.8 Å². The first-order chi connectivity index (χ1) is 15.8. The molecule has 0 spiro atoms. The molecule has 0 aliphatic heterocycles. The van der Waals surface area contributed by atoms with E-state index in [1.165, 1.54) is 47.5 Å². The van der Waals surface area contributed by atoms with Gasteiger partial charge in [0.1, 0.15) is 9.90 Å². The fourth-order valence-electron chi connectivity index (χ4n) is 2.49. The Labute approximate surface area is 200 Å². The van der Waals surface area contributed by atoms with Crippen LogP contribution in [0.15, 0.2) is 56.8 Å². The number of amides is 1. The van der Waals surface area contributed by atoms with Gasteiger partial charge in [-0.2, -0.15) is 13.5 Å². The Morgan fingerprint density at radius 3 is 2.58 bits per heavy atom. The first-order valence-electron chi connectivity index (χ1n) is 9.79. The number of carbonyl (C=O) groups excluding carboxylic acids is 1. The first-order valence-corrected chi connectivity index (χ1v) is 13.0. The zero-order chi connectivity index (χ0) is 23.8. The maximum Gasteiger partial charge on any atom is 0.339 e. The number of rotatable bonds is 10. The van der Waals surface area contributed by atoms with Gasteiger partial charge >= 0.3 is 10.1 Å². The molecule has 0 radical (unpaired) electrons. The van der Waals surface area contributed by atoms with Gasteiger partial charge in [-0.15, -0.1) is 10.2 Å². The van der Waals surface area contributed by atoms with Crippen LogP contribution >= 0.6 is 23.1 Å². The van der Waals surface area contributed by atoms with Gasteiger partial charge < -0.3 is 8.92 Å². The van der Waals surface area contributed by atoms with Gasteiger partial charge in [0.25, 0.3) is 5.91 Å². The van der Waals surface area contributed by atoms with Crippen LogP contribution in [-0.4, -0.2) is 43.1 Å². The van der Waals surface area contributed by atoms with Gasteiger partial charge in [0.05, 0.1) is 18.6 Å². The van der Waals surface area contributed by atoms with E-state index < -0.39 is 10.1 Å². The van der Waals surface area contributed by atoms with Gasteiger partial charge in [0.15, 0.2) is 15.8 Å². The standard InChI is InChI=1S/C21H22N4O5S3/c1-4-29-19-11-16(12-22-24-20(26)13-31-21-25-23-15(3)32-21)7-10-18(19)30-33(27,28)17-8-5-14(2)6-9-17/h5-12H,4,13H2,1-3H3,(H,24,26)/b22-12+. The quantitative estimate of drug-likeness (QED) is 0.192. The molecule has 3 rings (SSSR count). The minimum absolute atomic E-state index is 0.0467. The zero-order valence-electron chi connectivity index (χ0n) is 18.1. The van der Waals surface area contributed by atoms with Crippen molar-refractivity contribution in [3.63, 3.8) is 0 Å². The normalized spacial score (nSPS) is 11.5. The Morgan fingerprint density at radius 2 is 1.91 bits per heavy atom. The van der Waals surface area contributed by atoms with Crippen molar-refractivity contribution in [2.24, 2.45) is 5.10 Å². The molecule has 1 amide bonds. The van der Waals surface area contributed by atoms with Gasteiger partial charge in [-0.05, 0) is 56.7 Å². The Hall–Kier alpha value is -2.96. The molecule has 33 heavy (non-hydrogen) atoms. The van der Waals surface area contributed by atoms with Crippen LogP contribution in [0.3, 0.4) is 0 Å². The zero-order valence-corrected chi connectivity index (χ0v) is 20.6. The average molecular weight is 507 g/mol. The number of ether oxygens (including phenoxy) is 1. The van der Waals surface area contributed by atoms with Crippen LogP contribution in [-0.2, 0) is 14.9 Å². The lowest BCUT2D eigenvalue weighted by Crippen LogP contribution is -2.19. The second-order valence-corrected chi connectivity index (χ2v) is 10.6. The summed E-state index contributed by atoms with van der Waals surface area (Å²) in [6, 6.07) is 11.0. The van der Waals surface area contributed by atoms with Crippen molar-refractivity contribution in [3.8, 4) is 11.5 Å². The van der Waals surface area contributed by atoms with E-state index in [4.69, 9.17) is 8.92 Å². The third kappa shape index (κ3) is 7.27. The predicted octanol–water partition coefficient (Wildman–Crippen LogP) is 3.56. The Kier molecular flexibility index (Phi) is 8.42. The van der Waals surface area contributed by atoms with Crippen molar-refractivity contribution in [2.45, 2.75) is 30.0 Å². The molecule has 1 aromatic heterocycles. The van der Waals surface area contributed by atoms with E-state index in [-0.39, 0.29) is 28.1 Å². The number of hydrogen-bond acceptors (Lipinski definition) is 10. The van der Waals surface area contributed by atoms with Crippen molar-refractivity contribution in [1.82, 2.24) is 15.6 Å². The van der Waals surface area contributed by atoms with E-state index in [1.54, 1.807) is 31.2 Å². The van der Waals surface area contributed by atoms with Crippen molar-refractivity contribution >= 4 is 45.3 Å². The molecule has 0 saturated heterocycles. The summed E-state index contributed by atoms with van der Waals surface area (Å²) in [4.78, 5) is 12.0. The largest absolute Gasteiger partial charge is 0.490 e. The lowest BCUT2D eigenvalue weighted by atomic mass is 10.2. The van der Waals surface area contributed by atoms with Crippen LogP contribution in [0.2, 0.25) is 0 Å². The molecule has 2 aromatic carbocycles. The molecule has 3 aromatic rings. The average Bonchev–Trinajstić information content (AvgIpc) is 3.19. The number of hydrazone groups is 1. The number of carbonyl (C=O) groups is 1. The summed E-state index contributed by atoms with van der Waals surface area (Å²) < 4.78 is 36.8. The van der Waals surface area contributed by atoms with Gasteiger partial charge in [-0.1, -0.05) is 40.8 Å². The molecule has 0 atom stereocenters. The van der Waals surface area contributed by atoms with E-state index in [1.807, 2.05) is 13.8 Å².